The maximum absolute atomic E-state index is 12.7. The number of nitrogens with zero attached hydrogens (tertiary/aromatic N) is 2. The minimum absolute atomic E-state index is 0.0512. The summed E-state index contributed by atoms with van der Waals surface area (Å²) in [5.41, 5.74) is 6.78. The van der Waals surface area contributed by atoms with Gasteiger partial charge in [-0.15, -0.1) is 11.3 Å². The Morgan fingerprint density at radius 2 is 1.75 bits per heavy atom. The lowest BCUT2D eigenvalue weighted by Gasteiger charge is -2.36. The molecule has 0 atom stereocenters. The molecule has 0 aliphatic carbocycles. The third kappa shape index (κ3) is 3.98. The van der Waals surface area contributed by atoms with Crippen LogP contribution in [-0.4, -0.2) is 47.8 Å². The Kier molecular flexibility index (Phi) is 5.56. The van der Waals surface area contributed by atoms with Crippen LogP contribution in [-0.2, 0) is 16.1 Å². The van der Waals surface area contributed by atoms with Gasteiger partial charge in [-0.3, -0.25) is 14.5 Å². The Balaban J connectivity index is 1.45. The van der Waals surface area contributed by atoms with Gasteiger partial charge in [0.15, 0.2) is 0 Å². The van der Waals surface area contributed by atoms with Gasteiger partial charge in [-0.05, 0) is 62.7 Å². The summed E-state index contributed by atoms with van der Waals surface area (Å²) in [6, 6.07) is 2.21. The zero-order chi connectivity index (χ0) is 17.1. The van der Waals surface area contributed by atoms with E-state index in [-0.39, 0.29) is 23.7 Å². The summed E-state index contributed by atoms with van der Waals surface area (Å²) >= 11 is 1.80. The van der Waals surface area contributed by atoms with Crippen molar-refractivity contribution in [3.05, 3.63) is 21.9 Å². The highest BCUT2D eigenvalue weighted by Gasteiger charge is 2.32. The van der Waals surface area contributed by atoms with Crippen LogP contribution in [0, 0.1) is 18.8 Å². The SMILES string of the molecule is Cc1sccc1CN1CCC(C(=O)N2CCC(C(N)=O)CC2)CC1. The number of hydrogen-bond acceptors (Lipinski definition) is 4. The first kappa shape index (κ1) is 17.4. The molecular weight excluding hydrogens is 322 g/mol. The zero-order valence-corrected chi connectivity index (χ0v) is 15.2. The van der Waals surface area contributed by atoms with E-state index in [2.05, 4.69) is 23.3 Å². The lowest BCUT2D eigenvalue weighted by Crippen LogP contribution is -2.46. The molecule has 0 radical (unpaired) electrons. The van der Waals surface area contributed by atoms with E-state index in [0.717, 1.165) is 45.3 Å². The van der Waals surface area contributed by atoms with E-state index in [1.807, 2.05) is 4.90 Å². The van der Waals surface area contributed by atoms with Crippen molar-refractivity contribution in [3.8, 4) is 0 Å². The maximum Gasteiger partial charge on any atom is 0.225 e. The molecule has 0 unspecified atom stereocenters. The predicted molar refractivity (Wildman–Crippen MR) is 95.6 cm³/mol. The Labute approximate surface area is 147 Å². The van der Waals surface area contributed by atoms with Crippen LogP contribution in [0.25, 0.3) is 0 Å². The molecule has 6 heteroatoms. The van der Waals surface area contributed by atoms with Gasteiger partial charge >= 0.3 is 0 Å². The molecule has 1 aromatic heterocycles. The summed E-state index contributed by atoms with van der Waals surface area (Å²) in [7, 11) is 0. The van der Waals surface area contributed by atoms with Crippen LogP contribution in [0.4, 0.5) is 0 Å². The Hall–Kier alpha value is -1.40. The van der Waals surface area contributed by atoms with E-state index in [1.165, 1.54) is 10.4 Å². The molecule has 5 nitrogen and oxygen atoms in total. The quantitative estimate of drug-likeness (QED) is 0.904. The summed E-state index contributed by atoms with van der Waals surface area (Å²) in [5, 5.41) is 2.15. The number of nitrogens with two attached hydrogens (primary N) is 1. The highest BCUT2D eigenvalue weighted by atomic mass is 32.1. The fourth-order valence-electron chi connectivity index (χ4n) is 3.80. The van der Waals surface area contributed by atoms with Crippen LogP contribution >= 0.6 is 11.3 Å². The predicted octanol–water partition coefficient (Wildman–Crippen LogP) is 1.99. The molecule has 0 bridgehead atoms. The molecule has 2 aliphatic heterocycles. The fourth-order valence-corrected chi connectivity index (χ4v) is 4.52. The molecule has 132 valence electrons. The Morgan fingerprint density at radius 3 is 2.29 bits per heavy atom. The third-order valence-corrected chi connectivity index (χ3v) is 6.39. The van der Waals surface area contributed by atoms with Crippen molar-refractivity contribution in [2.24, 2.45) is 17.6 Å². The van der Waals surface area contributed by atoms with Gasteiger partial charge < -0.3 is 10.6 Å². The first-order valence-corrected chi connectivity index (χ1v) is 9.76. The van der Waals surface area contributed by atoms with Gasteiger partial charge in [0.25, 0.3) is 0 Å². The van der Waals surface area contributed by atoms with Crippen LogP contribution in [0.3, 0.4) is 0 Å². The van der Waals surface area contributed by atoms with Crippen LogP contribution in [0.2, 0.25) is 0 Å². The molecule has 2 fully saturated rings. The monoisotopic (exact) mass is 349 g/mol. The van der Waals surface area contributed by atoms with Crippen molar-refractivity contribution in [3.63, 3.8) is 0 Å². The summed E-state index contributed by atoms with van der Waals surface area (Å²) in [6.07, 6.45) is 3.32. The normalized spacial score (nSPS) is 21.1. The van der Waals surface area contributed by atoms with E-state index < -0.39 is 0 Å². The standard InChI is InChI=1S/C18H27N3O2S/c1-13-16(6-11-24-13)12-20-7-2-15(3-8-20)18(23)21-9-4-14(5-10-21)17(19)22/h6,11,14-15H,2-5,7-10,12H2,1H3,(H2,19,22). The molecule has 3 rings (SSSR count). The smallest absolute Gasteiger partial charge is 0.225 e. The van der Waals surface area contributed by atoms with Crippen molar-refractivity contribution >= 4 is 23.2 Å². The highest BCUT2D eigenvalue weighted by Crippen LogP contribution is 2.25. The average molecular weight is 350 g/mol. The molecule has 2 amide bonds. The summed E-state index contributed by atoms with van der Waals surface area (Å²) in [5.74, 6) is 0.156. The fraction of sp³-hybridized carbons (Fsp3) is 0.667. The van der Waals surface area contributed by atoms with E-state index in [9.17, 15) is 9.59 Å². The second-order valence-electron chi connectivity index (χ2n) is 7.05. The largest absolute Gasteiger partial charge is 0.369 e. The number of primary amides is 1. The minimum atomic E-state index is -0.223. The molecule has 0 spiro atoms. The number of rotatable bonds is 4. The van der Waals surface area contributed by atoms with E-state index in [4.69, 9.17) is 5.73 Å². The van der Waals surface area contributed by atoms with Gasteiger partial charge in [0.05, 0.1) is 0 Å². The summed E-state index contributed by atoms with van der Waals surface area (Å²) in [6.45, 7) is 6.51. The van der Waals surface area contributed by atoms with Crippen molar-refractivity contribution in [2.75, 3.05) is 26.2 Å². The van der Waals surface area contributed by atoms with Crippen LogP contribution in [0.5, 0.6) is 0 Å². The van der Waals surface area contributed by atoms with E-state index in [0.29, 0.717) is 13.1 Å². The molecule has 1 aromatic rings. The van der Waals surface area contributed by atoms with Crippen LogP contribution in [0.1, 0.15) is 36.1 Å². The Morgan fingerprint density at radius 1 is 1.12 bits per heavy atom. The molecule has 0 aromatic carbocycles. The van der Waals surface area contributed by atoms with Gasteiger partial charge in [-0.1, -0.05) is 0 Å². The van der Waals surface area contributed by atoms with Gasteiger partial charge in [0, 0.05) is 36.3 Å². The number of carbonyl (C=O) groups is 2. The van der Waals surface area contributed by atoms with Crippen LogP contribution in [0.15, 0.2) is 11.4 Å². The van der Waals surface area contributed by atoms with Gasteiger partial charge in [0.2, 0.25) is 11.8 Å². The molecule has 2 aliphatic rings. The van der Waals surface area contributed by atoms with Gasteiger partial charge in [-0.25, -0.2) is 0 Å². The topological polar surface area (TPSA) is 66.6 Å². The summed E-state index contributed by atoms with van der Waals surface area (Å²) < 4.78 is 0. The second-order valence-corrected chi connectivity index (χ2v) is 8.17. The first-order chi connectivity index (χ1) is 11.5. The van der Waals surface area contributed by atoms with Gasteiger partial charge in [-0.2, -0.15) is 0 Å². The van der Waals surface area contributed by atoms with Crippen LogP contribution < -0.4 is 5.73 Å². The Bertz CT molecular complexity index is 585. The zero-order valence-electron chi connectivity index (χ0n) is 14.4. The number of likely N-dealkylation sites (tertiary alicyclic amines) is 2. The van der Waals surface area contributed by atoms with Gasteiger partial charge in [0.1, 0.15) is 0 Å². The third-order valence-electron chi connectivity index (χ3n) is 5.51. The molecule has 2 N–H and O–H groups in total. The minimum Gasteiger partial charge on any atom is -0.369 e. The molecule has 3 heterocycles. The lowest BCUT2D eigenvalue weighted by molar-refractivity contribution is -0.140. The number of amides is 2. The number of carbonyl (C=O) groups excluding carboxylic acids is 2. The van der Waals surface area contributed by atoms with Crippen molar-refractivity contribution in [1.82, 2.24) is 9.80 Å². The maximum atomic E-state index is 12.7. The average Bonchev–Trinajstić information content (AvgIpc) is 3.00. The number of hydrogen-bond donors (Lipinski definition) is 1. The summed E-state index contributed by atoms with van der Waals surface area (Å²) in [4.78, 5) is 29.7. The highest BCUT2D eigenvalue weighted by molar-refractivity contribution is 7.10. The molecule has 24 heavy (non-hydrogen) atoms. The van der Waals surface area contributed by atoms with Crippen molar-refractivity contribution in [1.29, 1.82) is 0 Å². The number of thiophene rings is 1. The first-order valence-electron chi connectivity index (χ1n) is 8.88. The molecule has 0 saturated carbocycles. The van der Waals surface area contributed by atoms with E-state index >= 15 is 0 Å². The van der Waals surface area contributed by atoms with Crippen molar-refractivity contribution in [2.45, 2.75) is 39.2 Å². The lowest BCUT2D eigenvalue weighted by atomic mass is 9.91. The van der Waals surface area contributed by atoms with E-state index in [1.54, 1.807) is 11.3 Å². The molecule has 2 saturated heterocycles. The molecular formula is C18H27N3O2S. The number of aryl methyl sites for hydroxylation is 1. The van der Waals surface area contributed by atoms with Crippen molar-refractivity contribution < 1.29 is 9.59 Å². The second kappa shape index (κ2) is 7.66. The number of piperidine rings is 2.